The Morgan fingerprint density at radius 2 is 1.95 bits per heavy atom. The first kappa shape index (κ1) is 14.9. The molecule has 0 aliphatic carbocycles. The van der Waals surface area contributed by atoms with Crippen LogP contribution in [0.4, 0.5) is 11.4 Å². The maximum absolute atomic E-state index is 11.7. The average Bonchev–Trinajstić information content (AvgIpc) is 2.50. The molecule has 5 heteroatoms. The monoisotopic (exact) mass is 286 g/mol. The lowest BCUT2D eigenvalue weighted by molar-refractivity contribution is -0.116. The van der Waals surface area contributed by atoms with Gasteiger partial charge in [0, 0.05) is 11.4 Å². The molecule has 0 saturated heterocycles. The first-order chi connectivity index (χ1) is 10.2. The minimum atomic E-state index is -0.127. The van der Waals surface area contributed by atoms with E-state index in [1.165, 1.54) is 0 Å². The van der Waals surface area contributed by atoms with Gasteiger partial charge in [0.15, 0.2) is 0 Å². The Hall–Kier alpha value is -2.53. The zero-order valence-electron chi connectivity index (χ0n) is 11.6. The molecule has 0 fully saturated rings. The van der Waals surface area contributed by atoms with Crippen LogP contribution in [-0.2, 0) is 11.4 Å². The van der Waals surface area contributed by atoms with Crippen LogP contribution < -0.4 is 15.8 Å². The predicted octanol–water partition coefficient (Wildman–Crippen LogP) is 2.17. The van der Waals surface area contributed by atoms with Gasteiger partial charge in [0.1, 0.15) is 5.75 Å². The van der Waals surface area contributed by atoms with E-state index in [0.29, 0.717) is 17.1 Å². The molecule has 0 aromatic heterocycles. The van der Waals surface area contributed by atoms with Gasteiger partial charge in [-0.25, -0.2) is 0 Å². The number of carbonyl (C=O) groups excluding carboxylic acids is 1. The molecule has 0 atom stereocenters. The minimum absolute atomic E-state index is 0.0329. The number of hydrogen-bond acceptors (Lipinski definition) is 4. The molecular formula is C16H18N2O3. The van der Waals surface area contributed by atoms with E-state index in [1.54, 1.807) is 48.5 Å². The molecule has 2 rings (SSSR count). The second kappa shape index (κ2) is 7.31. The van der Waals surface area contributed by atoms with E-state index in [9.17, 15) is 4.79 Å². The van der Waals surface area contributed by atoms with Crippen LogP contribution in [0, 0.1) is 0 Å². The number of carbonyl (C=O) groups is 1. The summed E-state index contributed by atoms with van der Waals surface area (Å²) in [6, 6.07) is 14.1. The molecule has 0 bridgehead atoms. The number of ether oxygens (including phenoxy) is 1. The Morgan fingerprint density at radius 1 is 1.19 bits per heavy atom. The Morgan fingerprint density at radius 3 is 2.67 bits per heavy atom. The average molecular weight is 286 g/mol. The molecule has 0 saturated carbocycles. The van der Waals surface area contributed by atoms with Crippen molar-refractivity contribution in [2.75, 3.05) is 17.7 Å². The van der Waals surface area contributed by atoms with E-state index < -0.39 is 0 Å². The van der Waals surface area contributed by atoms with Crippen LogP contribution in [0.15, 0.2) is 48.5 Å². The fourth-order valence-corrected chi connectivity index (χ4v) is 1.79. The van der Waals surface area contributed by atoms with Crippen molar-refractivity contribution in [1.82, 2.24) is 0 Å². The number of nitrogen functional groups attached to an aromatic ring is 1. The van der Waals surface area contributed by atoms with E-state index in [0.717, 1.165) is 5.56 Å². The number of nitrogens with one attached hydrogen (secondary N) is 1. The summed E-state index contributed by atoms with van der Waals surface area (Å²) in [6.45, 7) is 0.241. The van der Waals surface area contributed by atoms with Crippen molar-refractivity contribution < 1.29 is 14.6 Å². The van der Waals surface area contributed by atoms with E-state index in [2.05, 4.69) is 5.32 Å². The number of aliphatic hydroxyl groups is 1. The second-order valence-electron chi connectivity index (χ2n) is 4.57. The van der Waals surface area contributed by atoms with Crippen LogP contribution in [0.1, 0.15) is 12.0 Å². The van der Waals surface area contributed by atoms with Gasteiger partial charge < -0.3 is 20.9 Å². The molecule has 4 N–H and O–H groups in total. The first-order valence-corrected chi connectivity index (χ1v) is 6.65. The smallest absolute Gasteiger partial charge is 0.227 e. The third-order valence-electron chi connectivity index (χ3n) is 2.87. The molecule has 21 heavy (non-hydrogen) atoms. The number of rotatable bonds is 6. The lowest BCUT2D eigenvalue weighted by atomic mass is 10.2. The van der Waals surface area contributed by atoms with Crippen LogP contribution >= 0.6 is 0 Å². The fourth-order valence-electron chi connectivity index (χ4n) is 1.79. The van der Waals surface area contributed by atoms with E-state index in [-0.39, 0.29) is 25.5 Å². The molecule has 1 amide bonds. The quantitative estimate of drug-likeness (QED) is 0.710. The molecule has 0 radical (unpaired) electrons. The molecule has 0 aliphatic rings. The number of amides is 1. The van der Waals surface area contributed by atoms with Gasteiger partial charge in [-0.1, -0.05) is 12.1 Å². The Labute approximate surface area is 123 Å². The van der Waals surface area contributed by atoms with Gasteiger partial charge in [-0.2, -0.15) is 0 Å². The van der Waals surface area contributed by atoms with Gasteiger partial charge in [-0.3, -0.25) is 4.79 Å². The highest BCUT2D eigenvalue weighted by atomic mass is 16.5. The summed E-state index contributed by atoms with van der Waals surface area (Å²) >= 11 is 0. The van der Waals surface area contributed by atoms with Crippen LogP contribution in [0.2, 0.25) is 0 Å². The Kier molecular flexibility index (Phi) is 5.17. The van der Waals surface area contributed by atoms with Crippen molar-refractivity contribution in [3.05, 3.63) is 54.1 Å². The topological polar surface area (TPSA) is 84.6 Å². The fraction of sp³-hybridized carbons (Fsp3) is 0.188. The number of benzene rings is 2. The van der Waals surface area contributed by atoms with Gasteiger partial charge in [0.25, 0.3) is 0 Å². The largest absolute Gasteiger partial charge is 0.493 e. The Bertz CT molecular complexity index is 597. The number of nitrogens with two attached hydrogens (primary N) is 1. The zero-order chi connectivity index (χ0) is 15.1. The standard InChI is InChI=1S/C16H18N2O3/c17-13-4-6-14(7-5-13)18-16(20)8-9-21-15-3-1-2-12(10-15)11-19/h1-7,10,19H,8-9,11,17H2,(H,18,20). The molecule has 0 spiro atoms. The number of aliphatic hydroxyl groups excluding tert-OH is 1. The molecule has 5 nitrogen and oxygen atoms in total. The van der Waals surface area contributed by atoms with Gasteiger partial charge in [0.05, 0.1) is 19.6 Å². The molecule has 0 unspecified atom stereocenters. The second-order valence-corrected chi connectivity index (χ2v) is 4.57. The van der Waals surface area contributed by atoms with E-state index in [4.69, 9.17) is 15.6 Å². The summed E-state index contributed by atoms with van der Waals surface area (Å²) in [5, 5.41) is 11.8. The number of anilines is 2. The summed E-state index contributed by atoms with van der Waals surface area (Å²) in [5.41, 5.74) is 7.71. The van der Waals surface area contributed by atoms with E-state index in [1.807, 2.05) is 0 Å². The molecule has 0 aliphatic heterocycles. The number of hydrogen-bond donors (Lipinski definition) is 3. The summed E-state index contributed by atoms with van der Waals surface area (Å²) in [4.78, 5) is 11.7. The highest BCUT2D eigenvalue weighted by molar-refractivity contribution is 5.90. The van der Waals surface area contributed by atoms with Crippen LogP contribution in [0.3, 0.4) is 0 Å². The molecule has 2 aromatic rings. The maximum atomic E-state index is 11.7. The van der Waals surface area contributed by atoms with Crippen molar-refractivity contribution >= 4 is 17.3 Å². The predicted molar refractivity (Wildman–Crippen MR) is 82.0 cm³/mol. The molecular weight excluding hydrogens is 268 g/mol. The van der Waals surface area contributed by atoms with Crippen molar-refractivity contribution in [2.24, 2.45) is 0 Å². The van der Waals surface area contributed by atoms with Crippen LogP contribution in [-0.4, -0.2) is 17.6 Å². The third-order valence-corrected chi connectivity index (χ3v) is 2.87. The normalized spacial score (nSPS) is 10.1. The summed E-state index contributed by atoms with van der Waals surface area (Å²) in [7, 11) is 0. The summed E-state index contributed by atoms with van der Waals surface area (Å²) in [5.74, 6) is 0.514. The minimum Gasteiger partial charge on any atom is -0.493 e. The maximum Gasteiger partial charge on any atom is 0.227 e. The Balaban J connectivity index is 1.77. The van der Waals surface area contributed by atoms with Crippen LogP contribution in [0.25, 0.3) is 0 Å². The van der Waals surface area contributed by atoms with Gasteiger partial charge in [-0.05, 0) is 42.0 Å². The lowest BCUT2D eigenvalue weighted by Crippen LogP contribution is -2.15. The molecule has 0 heterocycles. The lowest BCUT2D eigenvalue weighted by Gasteiger charge is -2.08. The first-order valence-electron chi connectivity index (χ1n) is 6.65. The van der Waals surface area contributed by atoms with E-state index >= 15 is 0 Å². The van der Waals surface area contributed by atoms with Gasteiger partial charge in [0.2, 0.25) is 5.91 Å². The molecule has 110 valence electrons. The SMILES string of the molecule is Nc1ccc(NC(=O)CCOc2cccc(CO)c2)cc1. The highest BCUT2D eigenvalue weighted by Gasteiger charge is 2.03. The van der Waals surface area contributed by atoms with Crippen molar-refractivity contribution in [2.45, 2.75) is 13.0 Å². The van der Waals surface area contributed by atoms with Crippen molar-refractivity contribution in [3.63, 3.8) is 0 Å². The zero-order valence-corrected chi connectivity index (χ0v) is 11.6. The summed E-state index contributed by atoms with van der Waals surface area (Å²) < 4.78 is 5.48. The van der Waals surface area contributed by atoms with Gasteiger partial charge in [-0.15, -0.1) is 0 Å². The highest BCUT2D eigenvalue weighted by Crippen LogP contribution is 2.14. The van der Waals surface area contributed by atoms with Crippen LogP contribution in [0.5, 0.6) is 5.75 Å². The molecule has 2 aromatic carbocycles. The van der Waals surface area contributed by atoms with Crippen molar-refractivity contribution in [3.8, 4) is 5.75 Å². The van der Waals surface area contributed by atoms with Gasteiger partial charge >= 0.3 is 0 Å². The summed E-state index contributed by atoms with van der Waals surface area (Å²) in [6.07, 6.45) is 0.244. The van der Waals surface area contributed by atoms with Crippen molar-refractivity contribution in [1.29, 1.82) is 0 Å². The third kappa shape index (κ3) is 4.81.